The van der Waals surface area contributed by atoms with Crippen LogP contribution in [-0.2, 0) is 11.3 Å². The van der Waals surface area contributed by atoms with E-state index >= 15 is 0 Å². The second-order valence-corrected chi connectivity index (χ2v) is 7.53. The lowest BCUT2D eigenvalue weighted by Gasteiger charge is -2.28. The molecule has 0 spiro atoms. The number of benzene rings is 1. The zero-order valence-electron chi connectivity index (χ0n) is 11.7. The Morgan fingerprint density at radius 2 is 1.81 bits per heavy atom. The summed E-state index contributed by atoms with van der Waals surface area (Å²) in [6, 6.07) is 9.75. The molecule has 0 fully saturated rings. The molecule has 0 unspecified atom stereocenters. The molecule has 1 aliphatic rings. The average Bonchev–Trinajstić information content (AvgIpc) is 2.47. The van der Waals surface area contributed by atoms with Gasteiger partial charge in [0, 0.05) is 13.1 Å². The predicted molar refractivity (Wildman–Crippen MR) is 88.7 cm³/mol. The van der Waals surface area contributed by atoms with E-state index in [2.05, 4.69) is 6.08 Å². The molecule has 2 rings (SSSR count). The van der Waals surface area contributed by atoms with Gasteiger partial charge >= 0.3 is 0 Å². The molecule has 0 aliphatic heterocycles. The van der Waals surface area contributed by atoms with Gasteiger partial charge in [0.05, 0.1) is 0 Å². The SMILES string of the molecule is O=C(N(CC1=CCCCC1)Cc1ccccc1)C(Cl)(Cl)Cl. The van der Waals surface area contributed by atoms with Gasteiger partial charge in [0.1, 0.15) is 0 Å². The first-order valence-corrected chi connectivity index (χ1v) is 8.18. The lowest BCUT2D eigenvalue weighted by Crippen LogP contribution is -2.40. The standard InChI is InChI=1S/C16H18Cl3NO/c17-16(18,19)15(21)20(11-13-7-3-1-4-8-13)12-14-9-5-2-6-10-14/h1,3-4,7-9H,2,5-6,10-12H2. The second-order valence-electron chi connectivity index (χ2n) is 5.25. The summed E-state index contributed by atoms with van der Waals surface area (Å²) in [6.45, 7) is 0.979. The molecule has 5 heteroatoms. The summed E-state index contributed by atoms with van der Waals surface area (Å²) in [4.78, 5) is 14.0. The average molecular weight is 347 g/mol. The van der Waals surface area contributed by atoms with Gasteiger partial charge in [-0.15, -0.1) is 0 Å². The van der Waals surface area contributed by atoms with Crippen molar-refractivity contribution in [1.82, 2.24) is 4.90 Å². The molecule has 0 saturated carbocycles. The number of alkyl halides is 3. The van der Waals surface area contributed by atoms with Gasteiger partial charge in [-0.25, -0.2) is 0 Å². The highest BCUT2D eigenvalue weighted by atomic mass is 35.6. The minimum absolute atomic E-state index is 0.449. The number of rotatable bonds is 4. The van der Waals surface area contributed by atoms with Gasteiger partial charge in [0.2, 0.25) is 0 Å². The van der Waals surface area contributed by atoms with E-state index in [0.717, 1.165) is 24.8 Å². The molecule has 0 saturated heterocycles. The van der Waals surface area contributed by atoms with Crippen molar-refractivity contribution in [2.24, 2.45) is 0 Å². The Morgan fingerprint density at radius 3 is 2.38 bits per heavy atom. The van der Waals surface area contributed by atoms with Crippen LogP contribution in [-0.4, -0.2) is 21.1 Å². The third-order valence-electron chi connectivity index (χ3n) is 3.52. The van der Waals surface area contributed by atoms with E-state index in [1.54, 1.807) is 4.90 Å². The smallest absolute Gasteiger partial charge is 0.275 e. The van der Waals surface area contributed by atoms with E-state index in [-0.39, 0.29) is 0 Å². The zero-order chi connectivity index (χ0) is 15.3. The van der Waals surface area contributed by atoms with Crippen molar-refractivity contribution in [3.05, 3.63) is 47.5 Å². The molecule has 0 N–H and O–H groups in total. The van der Waals surface area contributed by atoms with Crippen LogP contribution in [0.1, 0.15) is 31.2 Å². The van der Waals surface area contributed by atoms with E-state index in [1.807, 2.05) is 30.3 Å². The van der Waals surface area contributed by atoms with Crippen LogP contribution in [0.3, 0.4) is 0 Å². The number of amides is 1. The molecule has 1 aliphatic carbocycles. The first kappa shape index (κ1) is 16.7. The van der Waals surface area contributed by atoms with Crippen LogP contribution in [0.25, 0.3) is 0 Å². The van der Waals surface area contributed by atoms with Crippen molar-refractivity contribution < 1.29 is 4.79 Å². The Morgan fingerprint density at radius 1 is 1.10 bits per heavy atom. The van der Waals surface area contributed by atoms with Crippen molar-refractivity contribution in [3.63, 3.8) is 0 Å². The topological polar surface area (TPSA) is 20.3 Å². The van der Waals surface area contributed by atoms with Crippen LogP contribution >= 0.6 is 34.8 Å². The highest BCUT2D eigenvalue weighted by Gasteiger charge is 2.35. The van der Waals surface area contributed by atoms with Gasteiger partial charge in [-0.2, -0.15) is 0 Å². The molecule has 2 nitrogen and oxygen atoms in total. The minimum Gasteiger partial charge on any atom is -0.331 e. The fourth-order valence-electron chi connectivity index (χ4n) is 2.48. The number of carbonyl (C=O) groups is 1. The fraction of sp³-hybridized carbons (Fsp3) is 0.438. The van der Waals surface area contributed by atoms with Gasteiger partial charge < -0.3 is 4.90 Å². The van der Waals surface area contributed by atoms with Gasteiger partial charge in [-0.1, -0.05) is 76.8 Å². The number of allylic oxidation sites excluding steroid dienone is 1. The minimum atomic E-state index is -1.91. The molecule has 1 amide bonds. The molecule has 0 aromatic heterocycles. The maximum atomic E-state index is 12.3. The molecule has 0 radical (unpaired) electrons. The molecule has 0 atom stereocenters. The largest absolute Gasteiger partial charge is 0.331 e. The van der Waals surface area contributed by atoms with Crippen LogP contribution in [0.15, 0.2) is 42.0 Å². The number of hydrogen-bond donors (Lipinski definition) is 0. The molecule has 21 heavy (non-hydrogen) atoms. The third-order valence-corrected chi connectivity index (χ3v) is 4.01. The molecule has 1 aromatic carbocycles. The van der Waals surface area contributed by atoms with Crippen molar-refractivity contribution in [2.45, 2.75) is 36.0 Å². The second kappa shape index (κ2) is 7.53. The number of nitrogens with zero attached hydrogens (tertiary/aromatic N) is 1. The van der Waals surface area contributed by atoms with Crippen molar-refractivity contribution >= 4 is 40.7 Å². The van der Waals surface area contributed by atoms with Crippen LogP contribution in [0.2, 0.25) is 0 Å². The van der Waals surface area contributed by atoms with E-state index in [4.69, 9.17) is 34.8 Å². The maximum Gasteiger partial charge on any atom is 0.275 e. The molecule has 114 valence electrons. The van der Waals surface area contributed by atoms with Crippen molar-refractivity contribution in [3.8, 4) is 0 Å². The molecule has 0 heterocycles. The Bertz CT molecular complexity index is 508. The highest BCUT2D eigenvalue weighted by Crippen LogP contribution is 2.30. The van der Waals surface area contributed by atoms with Gasteiger partial charge in [-0.3, -0.25) is 4.79 Å². The summed E-state index contributed by atoms with van der Waals surface area (Å²) >= 11 is 17.3. The Hall–Kier alpha value is -0.700. The number of hydrogen-bond acceptors (Lipinski definition) is 1. The summed E-state index contributed by atoms with van der Waals surface area (Å²) in [7, 11) is 0. The Kier molecular flexibility index (Phi) is 5.98. The van der Waals surface area contributed by atoms with Crippen LogP contribution < -0.4 is 0 Å². The Balaban J connectivity index is 2.13. The Labute approximate surface area is 140 Å². The fourth-order valence-corrected chi connectivity index (χ4v) is 2.83. The van der Waals surface area contributed by atoms with Crippen molar-refractivity contribution in [2.75, 3.05) is 6.54 Å². The van der Waals surface area contributed by atoms with Gasteiger partial charge in [-0.05, 0) is 31.2 Å². The van der Waals surface area contributed by atoms with E-state index in [0.29, 0.717) is 13.1 Å². The quantitative estimate of drug-likeness (QED) is 0.561. The third kappa shape index (κ3) is 5.21. The summed E-state index contributed by atoms with van der Waals surface area (Å²) in [6.07, 6.45) is 6.65. The van der Waals surface area contributed by atoms with Crippen LogP contribution in [0.5, 0.6) is 0 Å². The zero-order valence-corrected chi connectivity index (χ0v) is 14.0. The number of halogens is 3. The van der Waals surface area contributed by atoms with E-state index < -0.39 is 9.70 Å². The van der Waals surface area contributed by atoms with E-state index in [1.165, 1.54) is 12.0 Å². The highest BCUT2D eigenvalue weighted by molar-refractivity contribution is 6.76. The first-order chi connectivity index (χ1) is 9.97. The molecular formula is C16H18Cl3NO. The molecule has 1 aromatic rings. The predicted octanol–water partition coefficient (Wildman–Crippen LogP) is 4.89. The summed E-state index contributed by atoms with van der Waals surface area (Å²) in [5.74, 6) is -0.470. The van der Waals surface area contributed by atoms with E-state index in [9.17, 15) is 4.79 Å². The summed E-state index contributed by atoms with van der Waals surface area (Å²) in [5, 5.41) is 0. The molecule has 0 bridgehead atoms. The van der Waals surface area contributed by atoms with Gasteiger partial charge in [0.15, 0.2) is 0 Å². The van der Waals surface area contributed by atoms with Crippen LogP contribution in [0.4, 0.5) is 0 Å². The first-order valence-electron chi connectivity index (χ1n) is 7.05. The summed E-state index contributed by atoms with van der Waals surface area (Å²) < 4.78 is -1.91. The maximum absolute atomic E-state index is 12.3. The lowest BCUT2D eigenvalue weighted by molar-refractivity contribution is -0.130. The van der Waals surface area contributed by atoms with Crippen LogP contribution in [0, 0.1) is 0 Å². The lowest BCUT2D eigenvalue weighted by atomic mass is 9.99. The van der Waals surface area contributed by atoms with Gasteiger partial charge in [0.25, 0.3) is 9.70 Å². The normalized spacial score (nSPS) is 15.5. The molecular weight excluding hydrogens is 329 g/mol. The van der Waals surface area contributed by atoms with Crippen molar-refractivity contribution in [1.29, 1.82) is 0 Å². The monoisotopic (exact) mass is 345 g/mol. The number of carbonyl (C=O) groups excluding carboxylic acids is 1. The summed E-state index contributed by atoms with van der Waals surface area (Å²) in [5.41, 5.74) is 2.27.